The highest BCUT2D eigenvalue weighted by molar-refractivity contribution is 5.66. The van der Waals surface area contributed by atoms with E-state index in [4.69, 9.17) is 26.2 Å². The van der Waals surface area contributed by atoms with Crippen molar-refractivity contribution in [1.29, 1.82) is 21.0 Å². The van der Waals surface area contributed by atoms with E-state index in [1.807, 2.05) is 6.07 Å². The van der Waals surface area contributed by atoms with E-state index >= 15 is 0 Å². The van der Waals surface area contributed by atoms with Gasteiger partial charge in [-0.05, 0) is 32.6 Å². The Bertz CT molecular complexity index is 504. The molecule has 0 bridgehead atoms. The molecule has 0 aliphatic heterocycles. The van der Waals surface area contributed by atoms with Crippen LogP contribution in [-0.2, 0) is 4.79 Å². The Morgan fingerprint density at radius 2 is 1.38 bits per heavy atom. The number of hydrogen-bond acceptors (Lipinski definition) is 5. The Kier molecular flexibility index (Phi) is 8.99. The SMILES string of the molecule is CC(C#N)CC(C#N)CC(C#N)CC(C#N)CCC(=O)O. The zero-order valence-electron chi connectivity index (χ0n) is 12.0. The molecule has 0 amide bonds. The first-order valence-corrected chi connectivity index (χ1v) is 6.77. The first-order chi connectivity index (χ1) is 9.96. The van der Waals surface area contributed by atoms with E-state index in [1.54, 1.807) is 6.92 Å². The molecule has 110 valence electrons. The molecule has 0 aromatic carbocycles. The minimum Gasteiger partial charge on any atom is -0.481 e. The molecule has 1 N–H and O–H groups in total. The van der Waals surface area contributed by atoms with Crippen LogP contribution >= 0.6 is 0 Å². The number of aliphatic carboxylic acids is 1. The molecule has 21 heavy (non-hydrogen) atoms. The maximum absolute atomic E-state index is 10.5. The van der Waals surface area contributed by atoms with E-state index in [0.29, 0.717) is 12.8 Å². The van der Waals surface area contributed by atoms with Crippen LogP contribution in [0.25, 0.3) is 0 Å². The molecule has 4 atom stereocenters. The normalized spacial score (nSPS) is 15.3. The molecule has 0 rings (SSSR count). The van der Waals surface area contributed by atoms with E-state index in [2.05, 4.69) is 18.2 Å². The molecule has 6 nitrogen and oxygen atoms in total. The Balaban J connectivity index is 4.53. The van der Waals surface area contributed by atoms with Crippen molar-refractivity contribution in [2.24, 2.45) is 23.7 Å². The third-order valence-corrected chi connectivity index (χ3v) is 3.25. The predicted molar refractivity (Wildman–Crippen MR) is 72.8 cm³/mol. The van der Waals surface area contributed by atoms with Crippen molar-refractivity contribution in [3.05, 3.63) is 0 Å². The van der Waals surface area contributed by atoms with Crippen LogP contribution in [0.4, 0.5) is 0 Å². The molecule has 0 spiro atoms. The fraction of sp³-hybridized carbons (Fsp3) is 0.667. The highest BCUT2D eigenvalue weighted by Crippen LogP contribution is 2.25. The van der Waals surface area contributed by atoms with E-state index in [9.17, 15) is 4.79 Å². The number of carboxylic acids is 1. The number of nitrogens with zero attached hydrogens (tertiary/aromatic N) is 4. The van der Waals surface area contributed by atoms with E-state index in [0.717, 1.165) is 0 Å². The Morgan fingerprint density at radius 3 is 1.81 bits per heavy atom. The lowest BCUT2D eigenvalue weighted by Crippen LogP contribution is -2.13. The van der Waals surface area contributed by atoms with Crippen molar-refractivity contribution in [2.45, 2.75) is 39.0 Å². The minimum atomic E-state index is -0.971. The summed E-state index contributed by atoms with van der Waals surface area (Å²) in [5.74, 6) is -2.60. The van der Waals surface area contributed by atoms with Gasteiger partial charge in [-0.1, -0.05) is 0 Å². The molecule has 0 aromatic heterocycles. The quantitative estimate of drug-likeness (QED) is 0.692. The van der Waals surface area contributed by atoms with Crippen molar-refractivity contribution in [3.63, 3.8) is 0 Å². The number of nitriles is 4. The van der Waals surface area contributed by atoms with Gasteiger partial charge in [-0.3, -0.25) is 4.79 Å². The highest BCUT2D eigenvalue weighted by Gasteiger charge is 2.22. The van der Waals surface area contributed by atoms with E-state index in [-0.39, 0.29) is 25.2 Å². The lowest BCUT2D eigenvalue weighted by Gasteiger charge is -2.16. The summed E-state index contributed by atoms with van der Waals surface area (Å²) in [7, 11) is 0. The molecule has 0 saturated carbocycles. The number of carboxylic acid groups (broad SMARTS) is 1. The third-order valence-electron chi connectivity index (χ3n) is 3.25. The largest absolute Gasteiger partial charge is 0.481 e. The first-order valence-electron chi connectivity index (χ1n) is 6.77. The highest BCUT2D eigenvalue weighted by atomic mass is 16.4. The van der Waals surface area contributed by atoms with Crippen LogP contribution in [0.15, 0.2) is 0 Å². The van der Waals surface area contributed by atoms with Gasteiger partial charge < -0.3 is 5.11 Å². The topological polar surface area (TPSA) is 132 Å². The van der Waals surface area contributed by atoms with Crippen molar-refractivity contribution < 1.29 is 9.90 Å². The van der Waals surface area contributed by atoms with Gasteiger partial charge in [0.2, 0.25) is 0 Å². The summed E-state index contributed by atoms with van der Waals surface area (Å²) in [5, 5.41) is 44.6. The zero-order valence-corrected chi connectivity index (χ0v) is 12.0. The second-order valence-corrected chi connectivity index (χ2v) is 5.15. The van der Waals surface area contributed by atoms with Gasteiger partial charge in [0.25, 0.3) is 0 Å². The monoisotopic (exact) mass is 286 g/mol. The second-order valence-electron chi connectivity index (χ2n) is 5.15. The fourth-order valence-corrected chi connectivity index (χ4v) is 2.10. The molecule has 4 unspecified atom stereocenters. The van der Waals surface area contributed by atoms with Crippen LogP contribution in [0.1, 0.15) is 39.0 Å². The second kappa shape index (κ2) is 10.2. The molecule has 0 fully saturated rings. The van der Waals surface area contributed by atoms with Crippen LogP contribution in [0.5, 0.6) is 0 Å². The van der Waals surface area contributed by atoms with Crippen molar-refractivity contribution in [2.75, 3.05) is 0 Å². The summed E-state index contributed by atoms with van der Waals surface area (Å²) < 4.78 is 0. The summed E-state index contributed by atoms with van der Waals surface area (Å²) in [6.07, 6.45) is 1.07. The van der Waals surface area contributed by atoms with Crippen LogP contribution in [0, 0.1) is 69.0 Å². The Morgan fingerprint density at radius 1 is 0.905 bits per heavy atom. The van der Waals surface area contributed by atoms with Gasteiger partial charge in [0.15, 0.2) is 0 Å². The number of hydrogen-bond donors (Lipinski definition) is 1. The lowest BCUT2D eigenvalue weighted by molar-refractivity contribution is -0.137. The predicted octanol–water partition coefficient (Wildman–Crippen LogP) is 2.60. The van der Waals surface area contributed by atoms with Crippen molar-refractivity contribution >= 4 is 5.97 Å². The third kappa shape index (κ3) is 8.25. The van der Waals surface area contributed by atoms with Crippen LogP contribution in [0.2, 0.25) is 0 Å². The maximum atomic E-state index is 10.5. The number of rotatable bonds is 9. The molecule has 0 aliphatic rings. The van der Waals surface area contributed by atoms with Gasteiger partial charge in [0.1, 0.15) is 0 Å². The summed E-state index contributed by atoms with van der Waals surface area (Å²) >= 11 is 0. The standard InChI is InChI=1S/C15H18N4O2/c1-11(7-16)4-13(9-18)6-14(10-19)5-12(8-17)2-3-15(20)21/h11-14H,2-6H2,1H3,(H,20,21). The van der Waals surface area contributed by atoms with Gasteiger partial charge in [-0.2, -0.15) is 21.0 Å². The molecule has 0 aliphatic carbocycles. The van der Waals surface area contributed by atoms with Gasteiger partial charge in [0.05, 0.1) is 24.3 Å². The molecule has 6 heteroatoms. The minimum absolute atomic E-state index is 0.108. The maximum Gasteiger partial charge on any atom is 0.303 e. The molecule has 0 saturated heterocycles. The van der Waals surface area contributed by atoms with Gasteiger partial charge in [-0.15, -0.1) is 0 Å². The summed E-state index contributed by atoms with van der Waals surface area (Å²) in [5.41, 5.74) is 0. The zero-order chi connectivity index (χ0) is 16.3. The average molecular weight is 286 g/mol. The summed E-state index contributed by atoms with van der Waals surface area (Å²) in [4.78, 5) is 10.5. The molecular weight excluding hydrogens is 268 g/mol. The Labute approximate surface area is 124 Å². The van der Waals surface area contributed by atoms with Gasteiger partial charge in [0, 0.05) is 30.1 Å². The van der Waals surface area contributed by atoms with Crippen LogP contribution in [0.3, 0.4) is 0 Å². The van der Waals surface area contributed by atoms with Gasteiger partial charge in [-0.25, -0.2) is 0 Å². The first kappa shape index (κ1) is 18.4. The molecule has 0 aromatic rings. The van der Waals surface area contributed by atoms with E-state index in [1.165, 1.54) is 0 Å². The molecule has 0 heterocycles. The van der Waals surface area contributed by atoms with E-state index < -0.39 is 23.7 Å². The fourth-order valence-electron chi connectivity index (χ4n) is 2.10. The van der Waals surface area contributed by atoms with Crippen molar-refractivity contribution in [1.82, 2.24) is 0 Å². The van der Waals surface area contributed by atoms with Crippen LogP contribution < -0.4 is 0 Å². The molecule has 0 radical (unpaired) electrons. The smallest absolute Gasteiger partial charge is 0.303 e. The average Bonchev–Trinajstić information content (AvgIpc) is 2.48. The van der Waals surface area contributed by atoms with Gasteiger partial charge >= 0.3 is 5.97 Å². The van der Waals surface area contributed by atoms with Crippen LogP contribution in [-0.4, -0.2) is 11.1 Å². The summed E-state index contributed by atoms with van der Waals surface area (Å²) in [6, 6.07) is 8.24. The van der Waals surface area contributed by atoms with Crippen molar-refractivity contribution in [3.8, 4) is 24.3 Å². The number of carbonyl (C=O) groups is 1. The lowest BCUT2D eigenvalue weighted by atomic mass is 9.84. The molecular formula is C15H18N4O2. The summed E-state index contributed by atoms with van der Waals surface area (Å²) in [6.45, 7) is 1.72. The Hall–Kier alpha value is -2.57.